The molecule has 2 aliphatic rings. The van der Waals surface area contributed by atoms with Crippen LogP contribution in [0.4, 0.5) is 0 Å². The number of hydrogen-bond donors (Lipinski definition) is 2. The van der Waals surface area contributed by atoms with Gasteiger partial charge in [-0.05, 0) is 80.6 Å². The number of benzene rings is 1. The summed E-state index contributed by atoms with van der Waals surface area (Å²) >= 11 is 0. The summed E-state index contributed by atoms with van der Waals surface area (Å²) in [5, 5.41) is 3.63. The van der Waals surface area contributed by atoms with Gasteiger partial charge in [-0.15, -0.1) is 6.58 Å². The van der Waals surface area contributed by atoms with Gasteiger partial charge in [-0.25, -0.2) is 0 Å². The standard InChI is InChI=1S/C24H37N3O/c1-4-11-24(2,3)17-26-12-6-13-27-21-9-10-22(27)16-20(15-21)18-7-5-8-19(14-18)23(25)28/h4-5,7-8,14,20-22,26H,1,6,9-13,15-17H2,2-3H3,(H2,25,28). The van der Waals surface area contributed by atoms with Crippen LogP contribution in [0.5, 0.6) is 0 Å². The van der Waals surface area contributed by atoms with E-state index in [2.05, 4.69) is 36.7 Å². The lowest BCUT2D eigenvalue weighted by Gasteiger charge is -2.39. The highest BCUT2D eigenvalue weighted by atomic mass is 16.1. The molecule has 0 spiro atoms. The van der Waals surface area contributed by atoms with Gasteiger partial charge in [0.1, 0.15) is 0 Å². The van der Waals surface area contributed by atoms with Gasteiger partial charge in [-0.2, -0.15) is 0 Å². The van der Waals surface area contributed by atoms with Crippen molar-refractivity contribution in [1.29, 1.82) is 0 Å². The predicted octanol–water partition coefficient (Wildman–Crippen LogP) is 4.08. The van der Waals surface area contributed by atoms with Gasteiger partial charge in [0.25, 0.3) is 0 Å². The predicted molar refractivity (Wildman–Crippen MR) is 117 cm³/mol. The molecule has 2 bridgehead atoms. The number of nitrogens with zero attached hydrogens (tertiary/aromatic N) is 1. The molecule has 4 heteroatoms. The SMILES string of the molecule is C=CCC(C)(C)CNCCCN1C2CCC1CC(c1cccc(C(N)=O)c1)C2. The van der Waals surface area contributed by atoms with Gasteiger partial charge >= 0.3 is 0 Å². The molecule has 2 heterocycles. The third-order valence-electron chi connectivity index (χ3n) is 6.60. The van der Waals surface area contributed by atoms with E-state index in [1.54, 1.807) is 0 Å². The summed E-state index contributed by atoms with van der Waals surface area (Å²) in [6, 6.07) is 9.36. The highest BCUT2D eigenvalue weighted by Crippen LogP contribution is 2.43. The van der Waals surface area contributed by atoms with Crippen LogP contribution < -0.4 is 11.1 Å². The monoisotopic (exact) mass is 383 g/mol. The number of hydrogen-bond acceptors (Lipinski definition) is 3. The topological polar surface area (TPSA) is 58.4 Å². The minimum absolute atomic E-state index is 0.290. The van der Waals surface area contributed by atoms with E-state index >= 15 is 0 Å². The van der Waals surface area contributed by atoms with Crippen molar-refractivity contribution in [3.05, 3.63) is 48.0 Å². The van der Waals surface area contributed by atoms with Crippen molar-refractivity contribution in [3.63, 3.8) is 0 Å². The zero-order chi connectivity index (χ0) is 20.1. The maximum atomic E-state index is 11.5. The van der Waals surface area contributed by atoms with Crippen molar-refractivity contribution in [2.24, 2.45) is 11.1 Å². The maximum absolute atomic E-state index is 11.5. The van der Waals surface area contributed by atoms with Gasteiger partial charge in [0.05, 0.1) is 0 Å². The Morgan fingerprint density at radius 1 is 1.32 bits per heavy atom. The van der Waals surface area contributed by atoms with E-state index in [-0.39, 0.29) is 5.91 Å². The molecule has 3 N–H and O–H groups in total. The van der Waals surface area contributed by atoms with Crippen molar-refractivity contribution >= 4 is 5.91 Å². The van der Waals surface area contributed by atoms with Crippen LogP contribution in [0.1, 0.15) is 74.2 Å². The Kier molecular flexibility index (Phi) is 6.95. The van der Waals surface area contributed by atoms with Gasteiger partial charge in [0, 0.05) is 24.2 Å². The Balaban J connectivity index is 1.47. The first kappa shape index (κ1) is 21.1. The number of allylic oxidation sites excluding steroid dienone is 1. The summed E-state index contributed by atoms with van der Waals surface area (Å²) in [4.78, 5) is 14.3. The van der Waals surface area contributed by atoms with Crippen molar-refractivity contribution in [1.82, 2.24) is 10.2 Å². The van der Waals surface area contributed by atoms with Gasteiger partial charge in [-0.1, -0.05) is 32.1 Å². The average Bonchev–Trinajstić information content (AvgIpc) is 2.89. The third-order valence-corrected chi connectivity index (χ3v) is 6.60. The Morgan fingerprint density at radius 3 is 2.68 bits per heavy atom. The summed E-state index contributed by atoms with van der Waals surface area (Å²) in [5.74, 6) is 0.233. The smallest absolute Gasteiger partial charge is 0.248 e. The first-order chi connectivity index (χ1) is 13.4. The van der Waals surface area contributed by atoms with E-state index in [4.69, 9.17) is 5.73 Å². The van der Waals surface area contributed by atoms with E-state index in [1.807, 2.05) is 24.3 Å². The Labute approximate surface area is 170 Å². The van der Waals surface area contributed by atoms with E-state index < -0.39 is 0 Å². The molecule has 0 aromatic heterocycles. The molecule has 4 nitrogen and oxygen atoms in total. The quantitative estimate of drug-likeness (QED) is 0.473. The van der Waals surface area contributed by atoms with Crippen molar-refractivity contribution in [2.45, 2.75) is 70.4 Å². The minimum atomic E-state index is -0.328. The number of primary amides is 1. The molecule has 2 atom stereocenters. The molecule has 1 amide bonds. The molecule has 2 fully saturated rings. The van der Waals surface area contributed by atoms with Crippen molar-refractivity contribution in [2.75, 3.05) is 19.6 Å². The second-order valence-electron chi connectivity index (χ2n) is 9.47. The van der Waals surface area contributed by atoms with Crippen LogP contribution >= 0.6 is 0 Å². The molecule has 2 unspecified atom stereocenters. The Hall–Kier alpha value is -1.65. The lowest BCUT2D eigenvalue weighted by molar-refractivity contribution is 0.1000. The lowest BCUT2D eigenvalue weighted by Crippen LogP contribution is -2.43. The number of piperidine rings is 1. The molecule has 0 aliphatic carbocycles. The largest absolute Gasteiger partial charge is 0.366 e. The zero-order valence-corrected chi connectivity index (χ0v) is 17.6. The molecule has 3 rings (SSSR count). The number of nitrogens with two attached hydrogens (primary N) is 1. The first-order valence-electron chi connectivity index (χ1n) is 10.9. The van der Waals surface area contributed by atoms with Gasteiger partial charge in [0.15, 0.2) is 0 Å². The highest BCUT2D eigenvalue weighted by Gasteiger charge is 2.40. The van der Waals surface area contributed by atoms with Crippen LogP contribution in [0.25, 0.3) is 0 Å². The van der Waals surface area contributed by atoms with Crippen LogP contribution in [-0.4, -0.2) is 42.5 Å². The van der Waals surface area contributed by atoms with Crippen LogP contribution in [0.15, 0.2) is 36.9 Å². The zero-order valence-electron chi connectivity index (χ0n) is 17.6. The molecule has 0 saturated carbocycles. The maximum Gasteiger partial charge on any atom is 0.248 e. The summed E-state index contributed by atoms with van der Waals surface area (Å²) in [5.41, 5.74) is 7.68. The molecule has 154 valence electrons. The van der Waals surface area contributed by atoms with E-state index in [0.717, 1.165) is 19.5 Å². The first-order valence-corrected chi connectivity index (χ1v) is 10.9. The van der Waals surface area contributed by atoms with Crippen molar-refractivity contribution < 1.29 is 4.79 Å². The van der Waals surface area contributed by atoms with Crippen LogP contribution in [0, 0.1) is 5.41 Å². The molecular weight excluding hydrogens is 346 g/mol. The molecule has 1 aromatic carbocycles. The summed E-state index contributed by atoms with van der Waals surface area (Å²) in [7, 11) is 0. The second kappa shape index (κ2) is 9.23. The van der Waals surface area contributed by atoms with E-state index in [1.165, 1.54) is 44.2 Å². The summed E-state index contributed by atoms with van der Waals surface area (Å²) in [6.45, 7) is 11.8. The third kappa shape index (κ3) is 5.24. The number of fused-ring (bicyclic) bond motifs is 2. The minimum Gasteiger partial charge on any atom is -0.366 e. The van der Waals surface area contributed by atoms with Gasteiger partial charge < -0.3 is 11.1 Å². The number of nitrogens with one attached hydrogen (secondary N) is 1. The number of amides is 1. The normalized spacial score (nSPS) is 25.0. The number of carbonyl (C=O) groups excluding carboxylic acids is 1. The molecule has 1 aromatic rings. The molecular formula is C24H37N3O. The van der Waals surface area contributed by atoms with Crippen molar-refractivity contribution in [3.8, 4) is 0 Å². The van der Waals surface area contributed by atoms with Crippen LogP contribution in [0.2, 0.25) is 0 Å². The number of carbonyl (C=O) groups is 1. The summed E-state index contributed by atoms with van der Waals surface area (Å²) in [6.07, 6.45) is 9.32. The Morgan fingerprint density at radius 2 is 2.04 bits per heavy atom. The highest BCUT2D eigenvalue weighted by molar-refractivity contribution is 5.92. The van der Waals surface area contributed by atoms with E-state index in [0.29, 0.717) is 29.0 Å². The fourth-order valence-electron chi connectivity index (χ4n) is 5.13. The number of rotatable bonds is 10. The average molecular weight is 384 g/mol. The van der Waals surface area contributed by atoms with Gasteiger partial charge in [0.2, 0.25) is 5.91 Å². The van der Waals surface area contributed by atoms with E-state index in [9.17, 15) is 4.79 Å². The van der Waals surface area contributed by atoms with Crippen LogP contribution in [0.3, 0.4) is 0 Å². The fraction of sp³-hybridized carbons (Fsp3) is 0.625. The molecule has 2 saturated heterocycles. The Bertz CT molecular complexity index is 670. The molecule has 0 radical (unpaired) electrons. The lowest BCUT2D eigenvalue weighted by atomic mass is 9.84. The summed E-state index contributed by atoms with van der Waals surface area (Å²) < 4.78 is 0. The van der Waals surface area contributed by atoms with Gasteiger partial charge in [-0.3, -0.25) is 9.69 Å². The molecule has 28 heavy (non-hydrogen) atoms. The van der Waals surface area contributed by atoms with Crippen LogP contribution in [-0.2, 0) is 0 Å². The second-order valence-corrected chi connectivity index (χ2v) is 9.47. The molecule has 2 aliphatic heterocycles. The fourth-order valence-corrected chi connectivity index (χ4v) is 5.13.